The zero-order chi connectivity index (χ0) is 20.5. The molecule has 3 aromatic rings. The first kappa shape index (κ1) is 20.1. The van der Waals surface area contributed by atoms with Gasteiger partial charge in [-0.25, -0.2) is 17.5 Å². The van der Waals surface area contributed by atoms with E-state index in [-0.39, 0.29) is 16.1 Å². The van der Waals surface area contributed by atoms with Gasteiger partial charge in [-0.05, 0) is 42.3 Å². The predicted octanol–water partition coefficient (Wildman–Crippen LogP) is 4.67. The van der Waals surface area contributed by atoms with E-state index in [9.17, 15) is 12.8 Å². The van der Waals surface area contributed by atoms with E-state index in [4.69, 9.17) is 0 Å². The fourth-order valence-corrected chi connectivity index (χ4v) is 4.20. The summed E-state index contributed by atoms with van der Waals surface area (Å²) in [6, 6.07) is 14.4. The quantitative estimate of drug-likeness (QED) is 0.676. The predicted molar refractivity (Wildman–Crippen MR) is 109 cm³/mol. The van der Waals surface area contributed by atoms with Crippen molar-refractivity contribution < 1.29 is 12.8 Å². The van der Waals surface area contributed by atoms with Gasteiger partial charge in [-0.15, -0.1) is 0 Å². The minimum absolute atomic E-state index is 0.238. The third kappa shape index (κ3) is 4.09. The summed E-state index contributed by atoms with van der Waals surface area (Å²) in [6.07, 6.45) is 0.599. The Balaban J connectivity index is 2.10. The molecule has 0 radical (unpaired) electrons. The van der Waals surface area contributed by atoms with Crippen LogP contribution in [0.4, 0.5) is 10.2 Å². The zero-order valence-corrected chi connectivity index (χ0v) is 17.2. The van der Waals surface area contributed by atoms with Gasteiger partial charge in [-0.3, -0.25) is 4.72 Å². The van der Waals surface area contributed by atoms with Crippen molar-refractivity contribution in [1.29, 1.82) is 0 Å². The lowest BCUT2D eigenvalue weighted by Gasteiger charge is -2.14. The number of rotatable bonds is 5. The van der Waals surface area contributed by atoms with E-state index in [1.54, 1.807) is 36.4 Å². The van der Waals surface area contributed by atoms with E-state index in [0.29, 0.717) is 17.9 Å². The Kier molecular flexibility index (Phi) is 5.30. The second kappa shape index (κ2) is 7.39. The Morgan fingerprint density at radius 3 is 2.32 bits per heavy atom. The fraction of sp³-hybridized carbons (Fsp3) is 0.286. The first-order valence-electron chi connectivity index (χ1n) is 9.09. The molecule has 0 atom stereocenters. The molecule has 1 aromatic heterocycles. The number of anilines is 1. The molecule has 2 aromatic carbocycles. The molecule has 148 valence electrons. The van der Waals surface area contributed by atoms with Crippen LogP contribution in [0.25, 0.3) is 5.69 Å². The van der Waals surface area contributed by atoms with Crippen LogP contribution in [0.5, 0.6) is 0 Å². The van der Waals surface area contributed by atoms with Crippen molar-refractivity contribution in [2.75, 3.05) is 4.72 Å². The first-order chi connectivity index (χ1) is 13.1. The molecule has 0 bridgehead atoms. The van der Waals surface area contributed by atoms with Gasteiger partial charge in [0.2, 0.25) is 0 Å². The van der Waals surface area contributed by atoms with Gasteiger partial charge in [0.15, 0.2) is 0 Å². The Morgan fingerprint density at radius 2 is 1.71 bits per heavy atom. The van der Waals surface area contributed by atoms with Crippen molar-refractivity contribution in [3.05, 3.63) is 71.7 Å². The number of benzene rings is 2. The highest BCUT2D eigenvalue weighted by Crippen LogP contribution is 2.28. The monoisotopic (exact) mass is 401 g/mol. The van der Waals surface area contributed by atoms with Gasteiger partial charge in [0.1, 0.15) is 11.6 Å². The maximum Gasteiger partial charge on any atom is 0.263 e. The molecule has 1 heterocycles. The standard InChI is InChI=1S/C21H24FN3O2S/c1-5-15-8-6-7-9-18(15)28(26,27)24-20-14-19(21(2,3)4)23-25(20)17-12-10-16(22)11-13-17/h6-14,24H,5H2,1-4H3. The van der Waals surface area contributed by atoms with Crippen molar-refractivity contribution in [2.45, 2.75) is 44.4 Å². The molecular formula is C21H24FN3O2S. The third-order valence-corrected chi connectivity index (χ3v) is 5.89. The van der Waals surface area contributed by atoms with Crippen LogP contribution >= 0.6 is 0 Å². The van der Waals surface area contributed by atoms with Crippen LogP contribution in [-0.2, 0) is 21.9 Å². The van der Waals surface area contributed by atoms with E-state index in [2.05, 4.69) is 9.82 Å². The van der Waals surface area contributed by atoms with Gasteiger partial charge < -0.3 is 0 Å². The van der Waals surface area contributed by atoms with E-state index in [1.807, 2.05) is 33.8 Å². The molecule has 3 rings (SSSR count). The number of halogens is 1. The lowest BCUT2D eigenvalue weighted by molar-refractivity contribution is 0.560. The maximum absolute atomic E-state index is 13.3. The van der Waals surface area contributed by atoms with Gasteiger partial charge in [0.05, 0.1) is 16.3 Å². The van der Waals surface area contributed by atoms with Gasteiger partial charge in [0.25, 0.3) is 10.0 Å². The van der Waals surface area contributed by atoms with Crippen LogP contribution in [0, 0.1) is 5.82 Å². The van der Waals surface area contributed by atoms with Gasteiger partial charge in [-0.2, -0.15) is 5.10 Å². The van der Waals surface area contributed by atoms with Crippen LogP contribution in [0.1, 0.15) is 39.0 Å². The maximum atomic E-state index is 13.3. The van der Waals surface area contributed by atoms with E-state index in [1.165, 1.54) is 16.8 Å². The topological polar surface area (TPSA) is 64.0 Å². The molecule has 1 N–H and O–H groups in total. The molecule has 28 heavy (non-hydrogen) atoms. The summed E-state index contributed by atoms with van der Waals surface area (Å²) in [5.74, 6) is -0.0617. The summed E-state index contributed by atoms with van der Waals surface area (Å²) in [7, 11) is -3.81. The summed E-state index contributed by atoms with van der Waals surface area (Å²) in [5, 5.41) is 4.57. The molecule has 0 aliphatic carbocycles. The average Bonchev–Trinajstić information content (AvgIpc) is 3.06. The Labute approximate surface area is 165 Å². The molecule has 0 aliphatic heterocycles. The van der Waals surface area contributed by atoms with Gasteiger partial charge in [-0.1, -0.05) is 45.9 Å². The second-order valence-electron chi connectivity index (χ2n) is 7.62. The number of sulfonamides is 1. The summed E-state index contributed by atoms with van der Waals surface area (Å²) in [5.41, 5.74) is 1.74. The molecule has 0 saturated heterocycles. The zero-order valence-electron chi connectivity index (χ0n) is 16.4. The van der Waals surface area contributed by atoms with Crippen molar-refractivity contribution in [1.82, 2.24) is 9.78 Å². The normalized spacial score (nSPS) is 12.2. The Bertz CT molecular complexity index is 1080. The second-order valence-corrected chi connectivity index (χ2v) is 9.27. The summed E-state index contributed by atoms with van der Waals surface area (Å²) in [6.45, 7) is 7.90. The number of nitrogens with zero attached hydrogens (tertiary/aromatic N) is 2. The lowest BCUT2D eigenvalue weighted by Crippen LogP contribution is -2.17. The molecule has 0 fully saturated rings. The smallest absolute Gasteiger partial charge is 0.263 e. The van der Waals surface area contributed by atoms with E-state index >= 15 is 0 Å². The highest BCUT2D eigenvalue weighted by Gasteiger charge is 2.24. The van der Waals surface area contributed by atoms with E-state index in [0.717, 1.165) is 11.3 Å². The molecule has 0 saturated carbocycles. The van der Waals surface area contributed by atoms with Gasteiger partial charge >= 0.3 is 0 Å². The van der Waals surface area contributed by atoms with Crippen LogP contribution < -0.4 is 4.72 Å². The van der Waals surface area contributed by atoms with Gasteiger partial charge in [0, 0.05) is 11.5 Å². The fourth-order valence-electron chi connectivity index (χ4n) is 2.85. The number of aryl methyl sites for hydroxylation is 1. The number of hydrogen-bond acceptors (Lipinski definition) is 3. The molecule has 0 spiro atoms. The number of aromatic nitrogens is 2. The van der Waals surface area contributed by atoms with E-state index < -0.39 is 10.0 Å². The molecule has 0 aliphatic rings. The third-order valence-electron chi connectivity index (χ3n) is 4.43. The summed E-state index contributed by atoms with van der Waals surface area (Å²) in [4.78, 5) is 0.238. The van der Waals surface area contributed by atoms with Crippen molar-refractivity contribution >= 4 is 15.8 Å². The SMILES string of the molecule is CCc1ccccc1S(=O)(=O)Nc1cc(C(C)(C)C)nn1-c1ccc(F)cc1. The average molecular weight is 402 g/mol. The Morgan fingerprint density at radius 1 is 1.07 bits per heavy atom. The summed E-state index contributed by atoms with van der Waals surface area (Å²) >= 11 is 0. The highest BCUT2D eigenvalue weighted by molar-refractivity contribution is 7.92. The Hall–Kier alpha value is -2.67. The largest absolute Gasteiger partial charge is 0.263 e. The highest BCUT2D eigenvalue weighted by atomic mass is 32.2. The van der Waals surface area contributed by atoms with Crippen molar-refractivity contribution in [2.24, 2.45) is 0 Å². The minimum atomic E-state index is -3.81. The van der Waals surface area contributed by atoms with Crippen LogP contribution in [0.15, 0.2) is 59.5 Å². The molecule has 0 amide bonds. The van der Waals surface area contributed by atoms with Crippen LogP contribution in [0.2, 0.25) is 0 Å². The minimum Gasteiger partial charge on any atom is -0.263 e. The van der Waals surface area contributed by atoms with Crippen molar-refractivity contribution in [3.63, 3.8) is 0 Å². The molecule has 0 unspecified atom stereocenters. The number of nitrogens with one attached hydrogen (secondary N) is 1. The molecule has 5 nitrogen and oxygen atoms in total. The molecular weight excluding hydrogens is 377 g/mol. The molecule has 7 heteroatoms. The first-order valence-corrected chi connectivity index (χ1v) is 10.6. The van der Waals surface area contributed by atoms with Crippen LogP contribution in [-0.4, -0.2) is 18.2 Å². The number of hydrogen-bond donors (Lipinski definition) is 1. The summed E-state index contributed by atoms with van der Waals surface area (Å²) < 4.78 is 43.6. The van der Waals surface area contributed by atoms with Crippen molar-refractivity contribution in [3.8, 4) is 5.69 Å². The van der Waals surface area contributed by atoms with Crippen LogP contribution in [0.3, 0.4) is 0 Å². The lowest BCUT2D eigenvalue weighted by atomic mass is 9.92.